The van der Waals surface area contributed by atoms with Crippen LogP contribution in [0.2, 0.25) is 0 Å². The smallest absolute Gasteiger partial charge is 0.0695 e. The molecule has 1 aromatic carbocycles. The van der Waals surface area contributed by atoms with Crippen molar-refractivity contribution in [3.05, 3.63) is 42.1 Å². The van der Waals surface area contributed by atoms with Crippen LogP contribution in [0.4, 0.5) is 0 Å². The predicted octanol–water partition coefficient (Wildman–Crippen LogP) is 2.59. The van der Waals surface area contributed by atoms with Gasteiger partial charge in [-0.15, -0.1) is 0 Å². The van der Waals surface area contributed by atoms with Crippen LogP contribution in [0.15, 0.2) is 36.5 Å². The molecule has 1 heterocycles. The first-order valence-electron chi connectivity index (χ1n) is 6.65. The van der Waals surface area contributed by atoms with Crippen molar-refractivity contribution >= 4 is 0 Å². The van der Waals surface area contributed by atoms with Gasteiger partial charge in [0.25, 0.3) is 0 Å². The van der Waals surface area contributed by atoms with Crippen LogP contribution < -0.4 is 5.32 Å². The van der Waals surface area contributed by atoms with Crippen molar-refractivity contribution in [1.29, 1.82) is 0 Å². The maximum absolute atomic E-state index is 5.19. The number of nitrogens with one attached hydrogen (secondary N) is 2. The van der Waals surface area contributed by atoms with Crippen LogP contribution in [0, 0.1) is 0 Å². The van der Waals surface area contributed by atoms with E-state index in [4.69, 9.17) is 4.74 Å². The van der Waals surface area contributed by atoms with Crippen molar-refractivity contribution in [1.82, 2.24) is 15.5 Å². The number of aromatic amines is 1. The number of benzene rings is 1. The number of nitrogens with zero attached hydrogens (tertiary/aromatic N) is 1. The fourth-order valence-electron chi connectivity index (χ4n) is 2.08. The topological polar surface area (TPSA) is 49.9 Å². The van der Waals surface area contributed by atoms with Crippen molar-refractivity contribution in [3.8, 4) is 11.3 Å². The molecule has 2 aromatic rings. The molecule has 19 heavy (non-hydrogen) atoms. The Balaban J connectivity index is 2.04. The van der Waals surface area contributed by atoms with Crippen LogP contribution in [0.25, 0.3) is 11.3 Å². The molecule has 0 aliphatic heterocycles. The van der Waals surface area contributed by atoms with Gasteiger partial charge in [0.1, 0.15) is 0 Å². The van der Waals surface area contributed by atoms with Gasteiger partial charge in [-0.2, -0.15) is 5.10 Å². The minimum atomic E-state index is 0.378. The summed E-state index contributed by atoms with van der Waals surface area (Å²) in [5, 5.41) is 10.7. The SMILES string of the molecule is CCC(COC)NCc1cn[nH]c1-c1ccccc1. The van der Waals surface area contributed by atoms with Crippen molar-refractivity contribution in [3.63, 3.8) is 0 Å². The molecular weight excluding hydrogens is 238 g/mol. The maximum Gasteiger partial charge on any atom is 0.0695 e. The fourth-order valence-corrected chi connectivity index (χ4v) is 2.08. The van der Waals surface area contributed by atoms with E-state index < -0.39 is 0 Å². The molecule has 0 aliphatic carbocycles. The largest absolute Gasteiger partial charge is 0.383 e. The molecule has 102 valence electrons. The number of hydrogen-bond acceptors (Lipinski definition) is 3. The molecule has 0 radical (unpaired) electrons. The van der Waals surface area contributed by atoms with Gasteiger partial charge < -0.3 is 10.1 Å². The number of ether oxygens (including phenoxy) is 1. The van der Waals surface area contributed by atoms with Crippen LogP contribution in [0.3, 0.4) is 0 Å². The standard InChI is InChI=1S/C15H21N3O/c1-3-14(11-19-2)16-9-13-10-17-18-15(13)12-7-5-4-6-8-12/h4-8,10,14,16H,3,9,11H2,1-2H3,(H,17,18). The Labute approximate surface area is 114 Å². The third-order valence-corrected chi connectivity index (χ3v) is 3.22. The highest BCUT2D eigenvalue weighted by Gasteiger charge is 2.10. The summed E-state index contributed by atoms with van der Waals surface area (Å²) in [5.41, 5.74) is 3.43. The molecule has 1 atom stereocenters. The van der Waals surface area contributed by atoms with E-state index in [1.807, 2.05) is 24.4 Å². The highest BCUT2D eigenvalue weighted by Crippen LogP contribution is 2.20. The van der Waals surface area contributed by atoms with Crippen molar-refractivity contribution in [2.24, 2.45) is 0 Å². The molecule has 0 saturated carbocycles. The summed E-state index contributed by atoms with van der Waals surface area (Å²) in [5.74, 6) is 0. The summed E-state index contributed by atoms with van der Waals surface area (Å²) in [6.07, 6.45) is 2.93. The predicted molar refractivity (Wildman–Crippen MR) is 76.8 cm³/mol. The second-order valence-electron chi connectivity index (χ2n) is 4.58. The first-order valence-corrected chi connectivity index (χ1v) is 6.65. The summed E-state index contributed by atoms with van der Waals surface area (Å²) in [4.78, 5) is 0. The van der Waals surface area contributed by atoms with Crippen molar-refractivity contribution in [2.75, 3.05) is 13.7 Å². The van der Waals surface area contributed by atoms with Gasteiger partial charge in [0, 0.05) is 25.3 Å². The third kappa shape index (κ3) is 3.66. The minimum absolute atomic E-state index is 0.378. The number of H-pyrrole nitrogens is 1. The quantitative estimate of drug-likeness (QED) is 0.803. The Morgan fingerprint density at radius 2 is 2.11 bits per heavy atom. The molecule has 0 fully saturated rings. The highest BCUT2D eigenvalue weighted by atomic mass is 16.5. The third-order valence-electron chi connectivity index (χ3n) is 3.22. The summed E-state index contributed by atoms with van der Waals surface area (Å²) in [7, 11) is 1.73. The Bertz CT molecular complexity index is 481. The molecule has 0 saturated heterocycles. The number of rotatable bonds is 7. The Morgan fingerprint density at radius 3 is 2.79 bits per heavy atom. The molecule has 0 aliphatic rings. The highest BCUT2D eigenvalue weighted by molar-refractivity contribution is 5.62. The molecule has 4 nitrogen and oxygen atoms in total. The monoisotopic (exact) mass is 259 g/mol. The van der Waals surface area contributed by atoms with Crippen LogP contribution in [-0.2, 0) is 11.3 Å². The molecule has 4 heteroatoms. The lowest BCUT2D eigenvalue weighted by atomic mass is 10.1. The average Bonchev–Trinajstić information content (AvgIpc) is 2.93. The Kier molecular flexibility index (Phi) is 5.12. The molecule has 0 spiro atoms. The first kappa shape index (κ1) is 13.8. The first-order chi connectivity index (χ1) is 9.35. The van der Waals surface area contributed by atoms with E-state index in [9.17, 15) is 0 Å². The van der Waals surface area contributed by atoms with Gasteiger partial charge in [0.2, 0.25) is 0 Å². The fraction of sp³-hybridized carbons (Fsp3) is 0.400. The van der Waals surface area contributed by atoms with E-state index in [1.165, 1.54) is 5.56 Å². The lowest BCUT2D eigenvalue weighted by molar-refractivity contribution is 0.164. The molecule has 1 aromatic heterocycles. The second-order valence-corrected chi connectivity index (χ2v) is 4.58. The van der Waals surface area contributed by atoms with Crippen molar-refractivity contribution in [2.45, 2.75) is 25.9 Å². The van der Waals surface area contributed by atoms with Gasteiger partial charge in [0.05, 0.1) is 18.5 Å². The minimum Gasteiger partial charge on any atom is -0.383 e. The van der Waals surface area contributed by atoms with Gasteiger partial charge in [-0.25, -0.2) is 0 Å². The van der Waals surface area contributed by atoms with Gasteiger partial charge >= 0.3 is 0 Å². The van der Waals surface area contributed by atoms with E-state index >= 15 is 0 Å². The molecule has 0 amide bonds. The van der Waals surface area contributed by atoms with Crippen LogP contribution >= 0.6 is 0 Å². The number of hydrogen-bond donors (Lipinski definition) is 2. The molecule has 2 rings (SSSR count). The van der Waals surface area contributed by atoms with Crippen molar-refractivity contribution < 1.29 is 4.74 Å². The van der Waals surface area contributed by atoms with E-state index in [2.05, 4.69) is 34.6 Å². The zero-order valence-electron chi connectivity index (χ0n) is 11.5. The number of methoxy groups -OCH3 is 1. The molecule has 1 unspecified atom stereocenters. The molecular formula is C15H21N3O. The van der Waals surface area contributed by atoms with E-state index in [0.29, 0.717) is 6.04 Å². The van der Waals surface area contributed by atoms with E-state index in [-0.39, 0.29) is 0 Å². The zero-order chi connectivity index (χ0) is 13.5. The second kappa shape index (κ2) is 7.07. The van der Waals surface area contributed by atoms with E-state index in [0.717, 1.165) is 30.8 Å². The van der Waals surface area contributed by atoms with Crippen LogP contribution in [0.1, 0.15) is 18.9 Å². The summed E-state index contributed by atoms with van der Waals surface area (Å²) < 4.78 is 5.19. The van der Waals surface area contributed by atoms with Gasteiger partial charge in [0.15, 0.2) is 0 Å². The summed E-state index contributed by atoms with van der Waals surface area (Å²) in [6.45, 7) is 3.68. The lowest BCUT2D eigenvalue weighted by Gasteiger charge is -2.15. The summed E-state index contributed by atoms with van der Waals surface area (Å²) in [6, 6.07) is 10.6. The number of aromatic nitrogens is 2. The normalized spacial score (nSPS) is 12.5. The average molecular weight is 259 g/mol. The van der Waals surface area contributed by atoms with Crippen LogP contribution in [-0.4, -0.2) is 30.0 Å². The maximum atomic E-state index is 5.19. The van der Waals surface area contributed by atoms with Gasteiger partial charge in [-0.1, -0.05) is 37.3 Å². The van der Waals surface area contributed by atoms with E-state index in [1.54, 1.807) is 7.11 Å². The molecule has 0 bridgehead atoms. The van der Waals surface area contributed by atoms with Gasteiger partial charge in [-0.3, -0.25) is 5.10 Å². The van der Waals surface area contributed by atoms with Crippen LogP contribution in [0.5, 0.6) is 0 Å². The summed E-state index contributed by atoms with van der Waals surface area (Å²) >= 11 is 0. The lowest BCUT2D eigenvalue weighted by Crippen LogP contribution is -2.32. The Morgan fingerprint density at radius 1 is 1.32 bits per heavy atom. The van der Waals surface area contributed by atoms with Gasteiger partial charge in [-0.05, 0) is 12.0 Å². The molecule has 2 N–H and O–H groups in total. The zero-order valence-corrected chi connectivity index (χ0v) is 11.5. The Hall–Kier alpha value is -1.65.